The van der Waals surface area contributed by atoms with E-state index in [4.69, 9.17) is 5.11 Å². The lowest BCUT2D eigenvalue weighted by Gasteiger charge is -1.97. The molecule has 0 unspecified atom stereocenters. The number of rotatable bonds is 1. The van der Waals surface area contributed by atoms with E-state index in [1.165, 1.54) is 0 Å². The second-order valence-corrected chi connectivity index (χ2v) is 3.14. The third-order valence-electron chi connectivity index (χ3n) is 1.93. The predicted molar refractivity (Wildman–Crippen MR) is 50.3 cm³/mol. The van der Waals surface area contributed by atoms with Crippen molar-refractivity contribution in [1.82, 2.24) is 15.0 Å². The second-order valence-electron chi connectivity index (χ2n) is 3.14. The third-order valence-corrected chi connectivity index (χ3v) is 1.93. The van der Waals surface area contributed by atoms with Crippen LogP contribution in [0.1, 0.15) is 22.0 Å². The van der Waals surface area contributed by atoms with E-state index in [1.54, 1.807) is 13.0 Å². The van der Waals surface area contributed by atoms with Gasteiger partial charge in [0.15, 0.2) is 5.69 Å². The standard InChI is InChI=1S/C9H9N3O2/c1-4-3-6-7(10-4)8(9(13)14)12-5(2)11-6/h3,10H,1-2H3,(H,13,14). The number of aromatic nitrogens is 3. The van der Waals surface area contributed by atoms with Crippen LogP contribution in [0.4, 0.5) is 0 Å². The van der Waals surface area contributed by atoms with Crippen molar-refractivity contribution in [2.24, 2.45) is 0 Å². The highest BCUT2D eigenvalue weighted by molar-refractivity contribution is 5.98. The normalized spacial score (nSPS) is 10.7. The summed E-state index contributed by atoms with van der Waals surface area (Å²) in [6.45, 7) is 3.52. The van der Waals surface area contributed by atoms with Crippen molar-refractivity contribution >= 4 is 17.0 Å². The van der Waals surface area contributed by atoms with Gasteiger partial charge in [-0.25, -0.2) is 14.8 Å². The van der Waals surface area contributed by atoms with Crippen LogP contribution in [0.3, 0.4) is 0 Å². The van der Waals surface area contributed by atoms with Crippen molar-refractivity contribution in [3.63, 3.8) is 0 Å². The van der Waals surface area contributed by atoms with Gasteiger partial charge in [-0.1, -0.05) is 0 Å². The fourth-order valence-electron chi connectivity index (χ4n) is 1.42. The Kier molecular flexibility index (Phi) is 1.73. The lowest BCUT2D eigenvalue weighted by Crippen LogP contribution is -2.04. The van der Waals surface area contributed by atoms with Gasteiger partial charge in [0, 0.05) is 5.69 Å². The number of carbonyl (C=O) groups is 1. The van der Waals surface area contributed by atoms with Crippen molar-refractivity contribution < 1.29 is 9.90 Å². The van der Waals surface area contributed by atoms with Crippen molar-refractivity contribution in [3.8, 4) is 0 Å². The van der Waals surface area contributed by atoms with E-state index in [1.807, 2.05) is 6.92 Å². The molecule has 5 heteroatoms. The average Bonchev–Trinajstić information content (AvgIpc) is 2.42. The van der Waals surface area contributed by atoms with E-state index >= 15 is 0 Å². The summed E-state index contributed by atoms with van der Waals surface area (Å²) in [7, 11) is 0. The quantitative estimate of drug-likeness (QED) is 0.711. The summed E-state index contributed by atoms with van der Waals surface area (Å²) in [6.07, 6.45) is 0. The number of hydrogen-bond acceptors (Lipinski definition) is 3. The molecule has 0 bridgehead atoms. The van der Waals surface area contributed by atoms with Crippen LogP contribution in [0.15, 0.2) is 6.07 Å². The summed E-state index contributed by atoms with van der Waals surface area (Å²) >= 11 is 0. The number of nitrogens with one attached hydrogen (secondary N) is 1. The van der Waals surface area contributed by atoms with E-state index in [9.17, 15) is 4.79 Å². The molecule has 2 N–H and O–H groups in total. The monoisotopic (exact) mass is 191 g/mol. The van der Waals surface area contributed by atoms with Gasteiger partial charge in [0.2, 0.25) is 0 Å². The largest absolute Gasteiger partial charge is 0.476 e. The number of nitrogens with zero attached hydrogens (tertiary/aromatic N) is 2. The first-order valence-electron chi connectivity index (χ1n) is 4.15. The van der Waals surface area contributed by atoms with Gasteiger partial charge < -0.3 is 10.1 Å². The van der Waals surface area contributed by atoms with Crippen molar-refractivity contribution in [1.29, 1.82) is 0 Å². The number of carboxylic acids is 1. The second kappa shape index (κ2) is 2.80. The number of aryl methyl sites for hydroxylation is 2. The smallest absolute Gasteiger partial charge is 0.356 e. The van der Waals surface area contributed by atoms with Gasteiger partial charge in [-0.3, -0.25) is 0 Å². The Morgan fingerprint density at radius 2 is 2.14 bits per heavy atom. The molecular weight excluding hydrogens is 182 g/mol. The number of carboxylic acid groups (broad SMARTS) is 1. The Morgan fingerprint density at radius 1 is 1.43 bits per heavy atom. The van der Waals surface area contributed by atoms with Crippen LogP contribution >= 0.6 is 0 Å². The number of H-pyrrole nitrogens is 1. The molecule has 0 fully saturated rings. The Hall–Kier alpha value is -1.91. The van der Waals surface area contributed by atoms with E-state index in [0.717, 1.165) is 5.69 Å². The minimum atomic E-state index is -1.04. The maximum absolute atomic E-state index is 10.9. The first kappa shape index (κ1) is 8.68. The molecule has 0 saturated heterocycles. The van der Waals surface area contributed by atoms with Crippen LogP contribution in [0, 0.1) is 13.8 Å². The molecule has 72 valence electrons. The van der Waals surface area contributed by atoms with E-state index < -0.39 is 5.97 Å². The summed E-state index contributed by atoms with van der Waals surface area (Å²) in [5, 5.41) is 8.91. The van der Waals surface area contributed by atoms with Crippen LogP contribution in [0.2, 0.25) is 0 Å². The average molecular weight is 191 g/mol. The van der Waals surface area contributed by atoms with Crippen molar-refractivity contribution in [2.75, 3.05) is 0 Å². The zero-order chi connectivity index (χ0) is 10.3. The molecule has 0 atom stereocenters. The molecule has 0 aliphatic heterocycles. The highest BCUT2D eigenvalue weighted by Gasteiger charge is 2.13. The van der Waals surface area contributed by atoms with Crippen LogP contribution in [0.5, 0.6) is 0 Å². The molecule has 2 aromatic heterocycles. The molecule has 2 heterocycles. The number of fused-ring (bicyclic) bond motifs is 1. The Bertz CT molecular complexity index is 516. The molecule has 14 heavy (non-hydrogen) atoms. The SMILES string of the molecule is Cc1nc(C(=O)O)c2[nH]c(C)cc2n1. The Balaban J connectivity index is 2.85. The Labute approximate surface area is 79.8 Å². The highest BCUT2D eigenvalue weighted by atomic mass is 16.4. The highest BCUT2D eigenvalue weighted by Crippen LogP contribution is 2.16. The molecule has 0 aliphatic rings. The first-order valence-corrected chi connectivity index (χ1v) is 4.15. The summed E-state index contributed by atoms with van der Waals surface area (Å²) in [5.41, 5.74) is 2.04. The van der Waals surface area contributed by atoms with Crippen molar-refractivity contribution in [3.05, 3.63) is 23.3 Å². The minimum absolute atomic E-state index is 0.0283. The maximum Gasteiger partial charge on any atom is 0.356 e. The molecule has 5 nitrogen and oxygen atoms in total. The number of aromatic amines is 1. The Morgan fingerprint density at radius 3 is 2.79 bits per heavy atom. The van der Waals surface area contributed by atoms with Crippen LogP contribution < -0.4 is 0 Å². The third kappa shape index (κ3) is 1.22. The maximum atomic E-state index is 10.9. The van der Waals surface area contributed by atoms with Gasteiger partial charge in [-0.05, 0) is 19.9 Å². The number of hydrogen-bond donors (Lipinski definition) is 2. The van der Waals surface area contributed by atoms with E-state index in [-0.39, 0.29) is 5.69 Å². The minimum Gasteiger partial charge on any atom is -0.476 e. The lowest BCUT2D eigenvalue weighted by molar-refractivity contribution is 0.0692. The van der Waals surface area contributed by atoms with Crippen molar-refractivity contribution in [2.45, 2.75) is 13.8 Å². The van der Waals surface area contributed by atoms with Crippen LogP contribution in [0.25, 0.3) is 11.0 Å². The molecule has 2 aromatic rings. The molecular formula is C9H9N3O2. The fourth-order valence-corrected chi connectivity index (χ4v) is 1.42. The topological polar surface area (TPSA) is 78.9 Å². The van der Waals surface area contributed by atoms with E-state index in [0.29, 0.717) is 16.9 Å². The van der Waals surface area contributed by atoms with Gasteiger partial charge in [-0.2, -0.15) is 0 Å². The molecule has 0 spiro atoms. The molecule has 0 radical (unpaired) electrons. The van der Waals surface area contributed by atoms with Gasteiger partial charge in [0.05, 0.1) is 11.0 Å². The summed E-state index contributed by atoms with van der Waals surface area (Å²) in [4.78, 5) is 21.8. The number of aromatic carboxylic acids is 1. The van der Waals surface area contributed by atoms with Gasteiger partial charge in [0.25, 0.3) is 0 Å². The van der Waals surface area contributed by atoms with Crippen LogP contribution in [-0.2, 0) is 0 Å². The predicted octanol–water partition coefficient (Wildman–Crippen LogP) is 1.27. The van der Waals surface area contributed by atoms with E-state index in [2.05, 4.69) is 15.0 Å². The van der Waals surface area contributed by atoms with Crippen LogP contribution in [-0.4, -0.2) is 26.0 Å². The molecule has 0 aromatic carbocycles. The summed E-state index contributed by atoms with van der Waals surface area (Å²) < 4.78 is 0. The van der Waals surface area contributed by atoms with Gasteiger partial charge in [-0.15, -0.1) is 0 Å². The zero-order valence-electron chi connectivity index (χ0n) is 7.83. The fraction of sp³-hybridized carbons (Fsp3) is 0.222. The molecule has 2 rings (SSSR count). The zero-order valence-corrected chi connectivity index (χ0v) is 7.83. The van der Waals surface area contributed by atoms with Gasteiger partial charge >= 0.3 is 5.97 Å². The molecule has 0 amide bonds. The van der Waals surface area contributed by atoms with Gasteiger partial charge in [0.1, 0.15) is 5.82 Å². The molecule has 0 aliphatic carbocycles. The summed E-state index contributed by atoms with van der Waals surface area (Å²) in [5.74, 6) is -0.573. The first-order chi connectivity index (χ1) is 6.58. The summed E-state index contributed by atoms with van der Waals surface area (Å²) in [6, 6.07) is 1.80. The molecule has 0 saturated carbocycles. The lowest BCUT2D eigenvalue weighted by atomic mass is 10.3.